The summed E-state index contributed by atoms with van der Waals surface area (Å²) in [4.78, 5) is 26.7. The summed E-state index contributed by atoms with van der Waals surface area (Å²) >= 11 is 0. The smallest absolute Gasteiger partial charge is 0.420 e. The number of aromatic nitrogens is 1. The van der Waals surface area contributed by atoms with E-state index in [4.69, 9.17) is 14.3 Å². The molecule has 3 aromatic carbocycles. The van der Waals surface area contributed by atoms with E-state index in [1.165, 1.54) is 9.47 Å². The van der Waals surface area contributed by atoms with Gasteiger partial charge in [-0.1, -0.05) is 36.4 Å². The first-order chi connectivity index (χ1) is 15.1. The van der Waals surface area contributed by atoms with E-state index in [0.29, 0.717) is 16.8 Å². The van der Waals surface area contributed by atoms with E-state index in [1.807, 2.05) is 66.7 Å². The lowest BCUT2D eigenvalue weighted by atomic mass is 10.0. The molecule has 1 amide bonds. The van der Waals surface area contributed by atoms with Crippen molar-refractivity contribution in [2.24, 2.45) is 0 Å². The highest BCUT2D eigenvalue weighted by molar-refractivity contribution is 5.93. The van der Waals surface area contributed by atoms with E-state index in [-0.39, 0.29) is 25.7 Å². The lowest BCUT2D eigenvalue weighted by Crippen LogP contribution is -2.32. The number of rotatable bonds is 7. The van der Waals surface area contributed by atoms with Crippen LogP contribution in [0.2, 0.25) is 0 Å². The first-order valence-electron chi connectivity index (χ1n) is 9.86. The van der Waals surface area contributed by atoms with E-state index in [2.05, 4.69) is 0 Å². The standard InChI is InChI=1S/C24H22N2O5/c1-25(19-7-3-2-4-8-19)23(28)16-26-21-15-18(10-11-22(21)31-24(26)29)17-6-5-9-20(14-17)30-13-12-27/h2-11,14-15,27H,12-13,16H2,1H3. The van der Waals surface area contributed by atoms with Crippen LogP contribution < -0.4 is 15.4 Å². The molecule has 4 rings (SSSR count). The fourth-order valence-electron chi connectivity index (χ4n) is 3.36. The lowest BCUT2D eigenvalue weighted by Gasteiger charge is -2.17. The molecule has 158 valence electrons. The number of likely N-dealkylation sites (N-methyl/N-ethyl adjacent to an activating group) is 1. The molecule has 0 unspecified atom stereocenters. The molecule has 4 aromatic rings. The highest BCUT2D eigenvalue weighted by atomic mass is 16.5. The van der Waals surface area contributed by atoms with Crippen molar-refractivity contribution in [1.82, 2.24) is 4.57 Å². The van der Waals surface area contributed by atoms with E-state index in [0.717, 1.165) is 16.8 Å². The summed E-state index contributed by atoms with van der Waals surface area (Å²) in [6, 6.07) is 22.1. The predicted octanol–water partition coefficient (Wildman–Crippen LogP) is 3.30. The zero-order valence-electron chi connectivity index (χ0n) is 17.0. The van der Waals surface area contributed by atoms with Crippen LogP contribution in [0.3, 0.4) is 0 Å². The van der Waals surface area contributed by atoms with Gasteiger partial charge in [-0.3, -0.25) is 9.36 Å². The van der Waals surface area contributed by atoms with Gasteiger partial charge in [-0.2, -0.15) is 0 Å². The van der Waals surface area contributed by atoms with E-state index in [9.17, 15) is 9.59 Å². The Morgan fingerprint density at radius 2 is 1.81 bits per heavy atom. The molecule has 0 atom stereocenters. The number of para-hydroxylation sites is 1. The Hall–Kier alpha value is -3.84. The molecule has 0 aliphatic carbocycles. The molecule has 0 saturated heterocycles. The minimum absolute atomic E-state index is 0.0665. The van der Waals surface area contributed by atoms with Gasteiger partial charge in [0.15, 0.2) is 5.58 Å². The summed E-state index contributed by atoms with van der Waals surface area (Å²) < 4.78 is 12.2. The van der Waals surface area contributed by atoms with Crippen LogP contribution >= 0.6 is 0 Å². The molecule has 0 bridgehead atoms. The molecule has 0 radical (unpaired) electrons. The van der Waals surface area contributed by atoms with Gasteiger partial charge in [0.2, 0.25) is 5.91 Å². The number of aliphatic hydroxyl groups excluding tert-OH is 1. The molecule has 1 N–H and O–H groups in total. The van der Waals surface area contributed by atoms with Crippen LogP contribution in [0.15, 0.2) is 82.0 Å². The lowest BCUT2D eigenvalue weighted by molar-refractivity contribution is -0.118. The van der Waals surface area contributed by atoms with Crippen molar-refractivity contribution in [2.75, 3.05) is 25.2 Å². The minimum Gasteiger partial charge on any atom is -0.491 e. The van der Waals surface area contributed by atoms with Crippen molar-refractivity contribution in [1.29, 1.82) is 0 Å². The molecule has 1 heterocycles. The van der Waals surface area contributed by atoms with Gasteiger partial charge in [-0.15, -0.1) is 0 Å². The first-order valence-corrected chi connectivity index (χ1v) is 9.86. The predicted molar refractivity (Wildman–Crippen MR) is 118 cm³/mol. The highest BCUT2D eigenvalue weighted by Gasteiger charge is 2.17. The maximum atomic E-state index is 12.8. The molecule has 0 spiro atoms. The number of hydrogen-bond acceptors (Lipinski definition) is 5. The number of carbonyl (C=O) groups excluding carboxylic acids is 1. The topological polar surface area (TPSA) is 84.9 Å². The number of benzene rings is 3. The Labute approximate surface area is 178 Å². The van der Waals surface area contributed by atoms with Gasteiger partial charge in [-0.25, -0.2) is 4.79 Å². The van der Waals surface area contributed by atoms with Crippen molar-refractivity contribution in [2.45, 2.75) is 6.54 Å². The average molecular weight is 418 g/mol. The van der Waals surface area contributed by atoms with Crippen molar-refractivity contribution < 1.29 is 19.1 Å². The minimum atomic E-state index is -0.581. The van der Waals surface area contributed by atoms with Crippen LogP contribution in [0.1, 0.15) is 0 Å². The number of anilines is 1. The van der Waals surface area contributed by atoms with Crippen LogP contribution in [0, 0.1) is 0 Å². The Morgan fingerprint density at radius 1 is 1.03 bits per heavy atom. The van der Waals surface area contributed by atoms with Crippen LogP contribution in [0.4, 0.5) is 5.69 Å². The summed E-state index contributed by atoms with van der Waals surface area (Å²) in [7, 11) is 1.67. The van der Waals surface area contributed by atoms with Gasteiger partial charge in [0.05, 0.1) is 12.1 Å². The molecule has 31 heavy (non-hydrogen) atoms. The van der Waals surface area contributed by atoms with Crippen LogP contribution in [0.5, 0.6) is 5.75 Å². The Balaban J connectivity index is 1.65. The average Bonchev–Trinajstić information content (AvgIpc) is 3.12. The molecular formula is C24H22N2O5. The number of carbonyl (C=O) groups is 1. The van der Waals surface area contributed by atoms with Gasteiger partial charge in [0.1, 0.15) is 18.9 Å². The Bertz CT molecular complexity index is 1260. The molecule has 1 aromatic heterocycles. The maximum absolute atomic E-state index is 12.8. The van der Waals surface area contributed by atoms with Crippen molar-refractivity contribution >= 4 is 22.7 Å². The molecule has 7 heteroatoms. The molecular weight excluding hydrogens is 396 g/mol. The normalized spacial score (nSPS) is 10.9. The Kier molecular flexibility index (Phi) is 5.86. The second-order valence-electron chi connectivity index (χ2n) is 7.02. The SMILES string of the molecule is CN(C(=O)Cn1c(=O)oc2ccc(-c3cccc(OCCO)c3)cc21)c1ccccc1. The van der Waals surface area contributed by atoms with Gasteiger partial charge < -0.3 is 19.2 Å². The summed E-state index contributed by atoms with van der Waals surface area (Å²) in [5, 5.41) is 8.95. The molecule has 0 aliphatic rings. The van der Waals surface area contributed by atoms with Gasteiger partial charge in [-0.05, 0) is 47.5 Å². The van der Waals surface area contributed by atoms with Crippen LogP contribution in [0.25, 0.3) is 22.2 Å². The number of hydrogen-bond donors (Lipinski definition) is 1. The molecule has 0 fully saturated rings. The number of fused-ring (bicyclic) bond motifs is 1. The third-order valence-corrected chi connectivity index (χ3v) is 5.01. The van der Waals surface area contributed by atoms with Crippen LogP contribution in [-0.4, -0.2) is 35.8 Å². The monoisotopic (exact) mass is 418 g/mol. The third kappa shape index (κ3) is 4.36. The van der Waals surface area contributed by atoms with Gasteiger partial charge in [0.25, 0.3) is 0 Å². The second kappa shape index (κ2) is 8.89. The second-order valence-corrected chi connectivity index (χ2v) is 7.02. The quantitative estimate of drug-likeness (QED) is 0.498. The number of nitrogens with zero attached hydrogens (tertiary/aromatic N) is 2. The summed E-state index contributed by atoms with van der Waals surface area (Å²) in [5.41, 5.74) is 3.43. The zero-order chi connectivity index (χ0) is 21.8. The molecule has 0 saturated carbocycles. The zero-order valence-corrected chi connectivity index (χ0v) is 17.0. The fraction of sp³-hybridized carbons (Fsp3) is 0.167. The first kappa shape index (κ1) is 20.4. The van der Waals surface area contributed by atoms with Crippen molar-refractivity contribution in [3.8, 4) is 16.9 Å². The summed E-state index contributed by atoms with van der Waals surface area (Å²) in [6.45, 7) is 0.00404. The van der Waals surface area contributed by atoms with Crippen LogP contribution in [-0.2, 0) is 11.3 Å². The number of aliphatic hydroxyl groups is 1. The molecule has 7 nitrogen and oxygen atoms in total. The summed E-state index contributed by atoms with van der Waals surface area (Å²) in [5.74, 6) is -0.182. The summed E-state index contributed by atoms with van der Waals surface area (Å²) in [6.07, 6.45) is 0. The highest BCUT2D eigenvalue weighted by Crippen LogP contribution is 2.27. The van der Waals surface area contributed by atoms with E-state index in [1.54, 1.807) is 13.1 Å². The maximum Gasteiger partial charge on any atom is 0.420 e. The largest absolute Gasteiger partial charge is 0.491 e. The fourth-order valence-corrected chi connectivity index (χ4v) is 3.36. The third-order valence-electron chi connectivity index (χ3n) is 5.01. The van der Waals surface area contributed by atoms with Gasteiger partial charge in [0, 0.05) is 12.7 Å². The van der Waals surface area contributed by atoms with Crippen molar-refractivity contribution in [3.05, 3.63) is 83.3 Å². The number of oxazole rings is 1. The Morgan fingerprint density at radius 3 is 2.58 bits per heavy atom. The van der Waals surface area contributed by atoms with Gasteiger partial charge >= 0.3 is 5.76 Å². The molecule has 0 aliphatic heterocycles. The number of ether oxygens (including phenoxy) is 1. The van der Waals surface area contributed by atoms with Crippen molar-refractivity contribution in [3.63, 3.8) is 0 Å². The van der Waals surface area contributed by atoms with E-state index < -0.39 is 5.76 Å². The van der Waals surface area contributed by atoms with E-state index >= 15 is 0 Å². The number of amides is 1.